The summed E-state index contributed by atoms with van der Waals surface area (Å²) in [6, 6.07) is 30.3. The van der Waals surface area contributed by atoms with Gasteiger partial charge >= 0.3 is 0 Å². The quantitative estimate of drug-likeness (QED) is 0.443. The Morgan fingerprint density at radius 1 is 0.917 bits per heavy atom. The van der Waals surface area contributed by atoms with Crippen molar-refractivity contribution in [3.63, 3.8) is 0 Å². The molecule has 1 aliphatic heterocycles. The van der Waals surface area contributed by atoms with Crippen LogP contribution in [0.25, 0.3) is 0 Å². The Hall–Kier alpha value is -2.51. The van der Waals surface area contributed by atoms with Gasteiger partial charge in [0.2, 0.25) is 0 Å². The van der Waals surface area contributed by atoms with Crippen molar-refractivity contribution in [2.24, 2.45) is 5.92 Å². The van der Waals surface area contributed by atoms with E-state index in [4.69, 9.17) is 21.7 Å². The maximum atomic E-state index is 13.1. The van der Waals surface area contributed by atoms with Crippen LogP contribution in [0.4, 0.5) is 0 Å². The molecule has 184 valence electrons. The van der Waals surface area contributed by atoms with Crippen LogP contribution in [0.2, 0.25) is 5.04 Å². The van der Waals surface area contributed by atoms with E-state index in [2.05, 4.69) is 69.3 Å². The minimum absolute atomic E-state index is 0.0952. The van der Waals surface area contributed by atoms with E-state index in [1.165, 1.54) is 10.4 Å². The lowest BCUT2D eigenvalue weighted by Gasteiger charge is -2.45. The molecule has 0 aromatic heterocycles. The van der Waals surface area contributed by atoms with E-state index in [0.29, 0.717) is 6.61 Å². The number of ketones is 1. The predicted molar refractivity (Wildman–Crippen MR) is 145 cm³/mol. The number of carbonyl (C=O) groups is 1. The molecule has 0 amide bonds. The average molecular weight is 496 g/mol. The van der Waals surface area contributed by atoms with Crippen molar-refractivity contribution < 1.29 is 18.7 Å². The summed E-state index contributed by atoms with van der Waals surface area (Å²) >= 11 is 0. The Balaban J connectivity index is 1.51. The summed E-state index contributed by atoms with van der Waals surface area (Å²) in [5.41, 5.74) is 0.149. The molecule has 1 aliphatic carbocycles. The molecule has 4 atom stereocenters. The van der Waals surface area contributed by atoms with Crippen LogP contribution >= 0.6 is 0 Å². The van der Waals surface area contributed by atoms with Crippen LogP contribution in [0, 0.1) is 5.92 Å². The fourth-order valence-corrected chi connectivity index (χ4v) is 10.6. The second-order valence-electron chi connectivity index (χ2n) is 11.0. The van der Waals surface area contributed by atoms with E-state index in [1.54, 1.807) is 0 Å². The molecule has 0 N–H and O–H groups in total. The van der Waals surface area contributed by atoms with Gasteiger partial charge in [-0.1, -0.05) is 112 Å². The Kier molecular flexibility index (Phi) is 6.81. The fraction of sp³-hybridized carbons (Fsp3) is 0.367. The monoisotopic (exact) mass is 496 g/mol. The third kappa shape index (κ3) is 4.30. The molecule has 0 spiro atoms. The number of hydrogen-bond donors (Lipinski definition) is 0. The van der Waals surface area contributed by atoms with Crippen LogP contribution < -0.4 is 10.4 Å². The maximum Gasteiger partial charge on any atom is 0.261 e. The van der Waals surface area contributed by atoms with Crippen LogP contribution in [0.1, 0.15) is 32.8 Å². The van der Waals surface area contributed by atoms with Gasteiger partial charge in [0.15, 0.2) is 0 Å². The van der Waals surface area contributed by atoms with Crippen molar-refractivity contribution in [2.45, 2.75) is 56.5 Å². The average Bonchev–Trinajstić information content (AvgIpc) is 3.30. The zero-order chi connectivity index (χ0) is 25.4. The molecule has 0 unspecified atom stereocenters. The van der Waals surface area contributed by atoms with Crippen molar-refractivity contribution in [1.29, 1.82) is 0 Å². The first-order chi connectivity index (χ1) is 17.3. The summed E-state index contributed by atoms with van der Waals surface area (Å²) in [5, 5.41) is 2.19. The molecular weight excluding hydrogens is 463 g/mol. The first kappa shape index (κ1) is 25.2. The minimum Gasteiger partial charge on any atom is -0.404 e. The highest BCUT2D eigenvalue weighted by molar-refractivity contribution is 6.99. The molecule has 1 saturated carbocycles. The zero-order valence-electron chi connectivity index (χ0n) is 21.2. The highest BCUT2D eigenvalue weighted by Crippen LogP contribution is 2.49. The van der Waals surface area contributed by atoms with Crippen molar-refractivity contribution >= 4 is 32.3 Å². The second-order valence-corrected chi connectivity index (χ2v) is 15.3. The number of benzene rings is 3. The van der Waals surface area contributed by atoms with Crippen molar-refractivity contribution in [3.8, 4) is 0 Å². The molecule has 2 fully saturated rings. The van der Waals surface area contributed by atoms with E-state index >= 15 is 0 Å². The number of ether oxygens (including phenoxy) is 2. The Morgan fingerprint density at radius 3 is 1.94 bits per heavy atom. The van der Waals surface area contributed by atoms with Gasteiger partial charge < -0.3 is 13.9 Å². The number of fused-ring (bicyclic) bond motifs is 2. The van der Waals surface area contributed by atoms with Gasteiger partial charge in [-0.3, -0.25) is 4.79 Å². The van der Waals surface area contributed by atoms with Gasteiger partial charge in [-0.25, -0.2) is 0 Å². The lowest BCUT2D eigenvalue weighted by atomic mass is 9.85. The summed E-state index contributed by atoms with van der Waals surface area (Å²) in [5.74, 6) is -0.380. The van der Waals surface area contributed by atoms with Crippen LogP contribution in [0.5, 0.6) is 0 Å². The Morgan fingerprint density at radius 2 is 1.44 bits per heavy atom. The standard InChI is InChI=1S/C30H33BO4Si/c1-29(2,3)36(23-15-9-5-10-16-23,24-17-11-6-12-18-24)34-21-30-19-25(32)26(28(31)35-30)27(30)33-20-22-13-7-4-8-14-22/h4-18,26-28H,19-21H2,1-3H3/t26-,27+,28-,30-/m1/s1. The molecule has 5 rings (SSSR count). The molecule has 2 radical (unpaired) electrons. The predicted octanol–water partition coefficient (Wildman–Crippen LogP) is 4.00. The molecule has 4 nitrogen and oxygen atoms in total. The third-order valence-corrected chi connectivity index (χ3v) is 12.6. The zero-order valence-corrected chi connectivity index (χ0v) is 22.2. The summed E-state index contributed by atoms with van der Waals surface area (Å²) < 4.78 is 19.9. The largest absolute Gasteiger partial charge is 0.404 e. The SMILES string of the molecule is [B][C@@H]1O[C@@]2(CO[Si](c3ccccc3)(c3ccccc3)C(C)(C)C)CC(=O)[C@@H]1[C@@H]2OCc1ccccc1. The van der Waals surface area contributed by atoms with Gasteiger partial charge in [0.05, 0.1) is 19.1 Å². The summed E-state index contributed by atoms with van der Waals surface area (Å²) in [7, 11) is 3.53. The maximum absolute atomic E-state index is 13.1. The molecule has 1 heterocycles. The highest BCUT2D eigenvalue weighted by Gasteiger charge is 2.64. The molecule has 2 aliphatic rings. The number of rotatable bonds is 8. The van der Waals surface area contributed by atoms with Gasteiger partial charge in [-0.2, -0.15) is 0 Å². The van der Waals surface area contributed by atoms with E-state index in [-0.39, 0.29) is 23.8 Å². The molecule has 2 bridgehead atoms. The number of hydrogen-bond acceptors (Lipinski definition) is 4. The Bertz CT molecular complexity index is 1140. The highest BCUT2D eigenvalue weighted by atomic mass is 28.4. The Labute approximate surface area is 216 Å². The third-order valence-electron chi connectivity index (χ3n) is 7.64. The van der Waals surface area contributed by atoms with E-state index < -0.39 is 31.9 Å². The topological polar surface area (TPSA) is 44.8 Å². The normalized spacial score (nSPS) is 25.9. The van der Waals surface area contributed by atoms with Crippen molar-refractivity contribution in [1.82, 2.24) is 0 Å². The molecule has 3 aromatic carbocycles. The smallest absolute Gasteiger partial charge is 0.261 e. The lowest BCUT2D eigenvalue weighted by molar-refractivity contribution is -0.137. The van der Waals surface area contributed by atoms with E-state index in [1.807, 2.05) is 42.5 Å². The van der Waals surface area contributed by atoms with Gasteiger partial charge in [0, 0.05) is 12.4 Å². The van der Waals surface area contributed by atoms with Crippen molar-refractivity contribution in [3.05, 3.63) is 96.6 Å². The molecular formula is C30H33BO4Si. The van der Waals surface area contributed by atoms with Crippen LogP contribution in [-0.2, 0) is 25.3 Å². The van der Waals surface area contributed by atoms with E-state index in [0.717, 1.165) is 5.56 Å². The summed E-state index contributed by atoms with van der Waals surface area (Å²) in [4.78, 5) is 13.1. The van der Waals surface area contributed by atoms with Crippen LogP contribution in [-0.4, -0.2) is 46.3 Å². The molecule has 1 saturated heterocycles. The van der Waals surface area contributed by atoms with Gasteiger partial charge in [-0.05, 0) is 21.0 Å². The molecule has 6 heteroatoms. The first-order valence-corrected chi connectivity index (χ1v) is 14.5. The minimum atomic E-state index is -2.81. The fourth-order valence-electron chi connectivity index (χ4n) is 5.99. The van der Waals surface area contributed by atoms with Gasteiger partial charge in [0.1, 0.15) is 25.3 Å². The summed E-state index contributed by atoms with van der Waals surface area (Å²) in [6.07, 6.45) is -0.193. The lowest BCUT2D eigenvalue weighted by Crippen LogP contribution is -2.68. The number of Topliss-reactive ketones (excluding diaryl/α,β-unsaturated/α-hetero) is 1. The summed E-state index contributed by atoms with van der Waals surface area (Å²) in [6.45, 7) is 7.36. The van der Waals surface area contributed by atoms with Gasteiger partial charge in [0.25, 0.3) is 8.32 Å². The molecule has 36 heavy (non-hydrogen) atoms. The van der Waals surface area contributed by atoms with Gasteiger partial charge in [-0.15, -0.1) is 0 Å². The second kappa shape index (κ2) is 9.75. The van der Waals surface area contributed by atoms with Crippen molar-refractivity contribution in [2.75, 3.05) is 6.61 Å². The molecule has 3 aromatic rings. The first-order valence-electron chi connectivity index (χ1n) is 12.6. The van der Waals surface area contributed by atoms with Crippen LogP contribution in [0.15, 0.2) is 91.0 Å². The number of carbonyl (C=O) groups excluding carboxylic acids is 1. The van der Waals surface area contributed by atoms with Crippen LogP contribution in [0.3, 0.4) is 0 Å². The van der Waals surface area contributed by atoms with E-state index in [9.17, 15) is 4.79 Å².